The average molecular weight is 367 g/mol. The smallest absolute Gasteiger partial charge is 0.191 e. The number of aliphatic imine (C=N–C) groups is 1. The number of hydrogen-bond acceptors (Lipinski definition) is 3. The Morgan fingerprint density at radius 1 is 1.15 bits per heavy atom. The normalized spacial score (nSPS) is 17.0. The Labute approximate surface area is 162 Å². The van der Waals surface area contributed by atoms with Crippen molar-refractivity contribution in [1.29, 1.82) is 0 Å². The van der Waals surface area contributed by atoms with E-state index >= 15 is 0 Å². The number of guanidine groups is 1. The Bertz CT molecular complexity index is 732. The summed E-state index contributed by atoms with van der Waals surface area (Å²) < 4.78 is 5.43. The summed E-state index contributed by atoms with van der Waals surface area (Å²) in [5.74, 6) is 1.83. The fourth-order valence-corrected chi connectivity index (χ4v) is 3.46. The number of rotatable bonds is 7. The van der Waals surface area contributed by atoms with E-state index in [2.05, 4.69) is 58.9 Å². The molecule has 0 spiro atoms. The highest BCUT2D eigenvalue weighted by Gasteiger charge is 2.23. The molecule has 27 heavy (non-hydrogen) atoms. The second-order valence-corrected chi connectivity index (χ2v) is 6.73. The molecule has 144 valence electrons. The average Bonchev–Trinajstić information content (AvgIpc) is 3.18. The number of anilines is 1. The van der Waals surface area contributed by atoms with E-state index in [0.29, 0.717) is 6.04 Å². The van der Waals surface area contributed by atoms with Crippen LogP contribution in [0.4, 0.5) is 5.69 Å². The maximum Gasteiger partial charge on any atom is 0.191 e. The van der Waals surface area contributed by atoms with Gasteiger partial charge in [0, 0.05) is 37.9 Å². The molecule has 1 heterocycles. The van der Waals surface area contributed by atoms with E-state index in [1.165, 1.54) is 11.3 Å². The summed E-state index contributed by atoms with van der Waals surface area (Å²) in [6.45, 7) is 5.76. The number of methoxy groups -OCH3 is 1. The molecule has 0 aliphatic carbocycles. The molecule has 3 rings (SSSR count). The lowest BCUT2D eigenvalue weighted by Gasteiger charge is -2.20. The van der Waals surface area contributed by atoms with E-state index < -0.39 is 0 Å². The molecule has 1 fully saturated rings. The Morgan fingerprint density at radius 3 is 2.70 bits per heavy atom. The molecule has 0 saturated carbocycles. The van der Waals surface area contributed by atoms with Crippen LogP contribution in [-0.4, -0.2) is 45.3 Å². The van der Waals surface area contributed by atoms with Crippen LogP contribution in [0.25, 0.3) is 0 Å². The van der Waals surface area contributed by atoms with Crippen LogP contribution in [-0.2, 0) is 6.42 Å². The summed E-state index contributed by atoms with van der Waals surface area (Å²) in [5.41, 5.74) is 2.48. The minimum atomic E-state index is 0.411. The molecule has 2 aromatic carbocycles. The molecule has 5 nitrogen and oxygen atoms in total. The molecule has 0 bridgehead atoms. The maximum absolute atomic E-state index is 5.43. The third kappa shape index (κ3) is 5.39. The second kappa shape index (κ2) is 9.86. The molecule has 5 heteroatoms. The second-order valence-electron chi connectivity index (χ2n) is 6.73. The molecule has 0 radical (unpaired) electrons. The molecule has 0 amide bonds. The molecule has 0 aromatic heterocycles. The van der Waals surface area contributed by atoms with Gasteiger partial charge in [0.25, 0.3) is 0 Å². The molecule has 1 saturated heterocycles. The minimum Gasteiger partial charge on any atom is -0.496 e. The van der Waals surface area contributed by atoms with Crippen LogP contribution in [0.2, 0.25) is 0 Å². The van der Waals surface area contributed by atoms with Gasteiger partial charge < -0.3 is 20.3 Å². The van der Waals surface area contributed by atoms with Gasteiger partial charge in [0.15, 0.2) is 5.96 Å². The zero-order valence-corrected chi connectivity index (χ0v) is 16.3. The van der Waals surface area contributed by atoms with Gasteiger partial charge in [0.2, 0.25) is 0 Å². The fourth-order valence-electron chi connectivity index (χ4n) is 3.46. The van der Waals surface area contributed by atoms with Gasteiger partial charge in [-0.05, 0) is 43.5 Å². The van der Waals surface area contributed by atoms with Gasteiger partial charge in [-0.2, -0.15) is 0 Å². The first-order valence-corrected chi connectivity index (χ1v) is 9.77. The molecule has 2 N–H and O–H groups in total. The van der Waals surface area contributed by atoms with E-state index in [9.17, 15) is 0 Å². The molecule has 1 unspecified atom stereocenters. The van der Waals surface area contributed by atoms with Gasteiger partial charge in [-0.3, -0.25) is 4.99 Å². The minimum absolute atomic E-state index is 0.411. The first-order valence-electron chi connectivity index (χ1n) is 9.77. The van der Waals surface area contributed by atoms with E-state index in [1.54, 1.807) is 7.11 Å². The third-order valence-electron chi connectivity index (χ3n) is 4.84. The third-order valence-corrected chi connectivity index (χ3v) is 4.84. The van der Waals surface area contributed by atoms with Crippen molar-refractivity contribution in [1.82, 2.24) is 10.6 Å². The first kappa shape index (κ1) is 19.1. The van der Waals surface area contributed by atoms with Crippen LogP contribution < -0.4 is 20.3 Å². The highest BCUT2D eigenvalue weighted by molar-refractivity contribution is 5.80. The zero-order valence-electron chi connectivity index (χ0n) is 16.3. The largest absolute Gasteiger partial charge is 0.496 e. The van der Waals surface area contributed by atoms with E-state index in [0.717, 1.165) is 50.7 Å². The Kier molecular flexibility index (Phi) is 6.97. The molecular weight excluding hydrogens is 336 g/mol. The van der Waals surface area contributed by atoms with Crippen LogP contribution in [0.1, 0.15) is 18.9 Å². The topological polar surface area (TPSA) is 48.9 Å². The van der Waals surface area contributed by atoms with Gasteiger partial charge in [0.1, 0.15) is 5.75 Å². The summed E-state index contributed by atoms with van der Waals surface area (Å²) in [4.78, 5) is 7.19. The van der Waals surface area contributed by atoms with E-state index in [-0.39, 0.29) is 0 Å². The molecule has 1 atom stereocenters. The van der Waals surface area contributed by atoms with Crippen molar-refractivity contribution in [3.05, 3.63) is 60.2 Å². The van der Waals surface area contributed by atoms with E-state index in [4.69, 9.17) is 9.73 Å². The summed E-state index contributed by atoms with van der Waals surface area (Å²) >= 11 is 0. The van der Waals surface area contributed by atoms with Crippen molar-refractivity contribution in [2.45, 2.75) is 25.8 Å². The van der Waals surface area contributed by atoms with Crippen molar-refractivity contribution in [2.24, 2.45) is 4.99 Å². The fraction of sp³-hybridized carbons (Fsp3) is 0.409. The summed E-state index contributed by atoms with van der Waals surface area (Å²) in [6.07, 6.45) is 1.98. The number of para-hydroxylation sites is 2. The molecular formula is C22H30N4O. The molecule has 2 aromatic rings. The highest BCUT2D eigenvalue weighted by Crippen LogP contribution is 2.20. The number of nitrogens with zero attached hydrogens (tertiary/aromatic N) is 2. The quantitative estimate of drug-likeness (QED) is 0.584. The Balaban J connectivity index is 1.55. The van der Waals surface area contributed by atoms with Crippen LogP contribution in [0, 0.1) is 0 Å². The number of nitrogens with one attached hydrogen (secondary N) is 2. The van der Waals surface area contributed by atoms with Gasteiger partial charge in [-0.25, -0.2) is 0 Å². The lowest BCUT2D eigenvalue weighted by Crippen LogP contribution is -2.44. The zero-order chi connectivity index (χ0) is 18.9. The Morgan fingerprint density at radius 2 is 1.93 bits per heavy atom. The summed E-state index contributed by atoms with van der Waals surface area (Å²) in [7, 11) is 1.71. The van der Waals surface area contributed by atoms with Gasteiger partial charge in [-0.15, -0.1) is 0 Å². The van der Waals surface area contributed by atoms with Gasteiger partial charge in [-0.1, -0.05) is 36.4 Å². The van der Waals surface area contributed by atoms with Crippen molar-refractivity contribution in [3.63, 3.8) is 0 Å². The van der Waals surface area contributed by atoms with Gasteiger partial charge >= 0.3 is 0 Å². The lowest BCUT2D eigenvalue weighted by molar-refractivity contribution is 0.410. The van der Waals surface area contributed by atoms with Crippen molar-refractivity contribution in [2.75, 3.05) is 38.2 Å². The predicted octanol–water partition coefficient (Wildman–Crippen LogP) is 3.07. The number of benzene rings is 2. The summed E-state index contributed by atoms with van der Waals surface area (Å²) in [5, 5.41) is 6.97. The van der Waals surface area contributed by atoms with Crippen molar-refractivity contribution < 1.29 is 4.74 Å². The predicted molar refractivity (Wildman–Crippen MR) is 113 cm³/mol. The van der Waals surface area contributed by atoms with Crippen LogP contribution >= 0.6 is 0 Å². The monoisotopic (exact) mass is 366 g/mol. The number of ether oxygens (including phenoxy) is 1. The van der Waals surface area contributed by atoms with E-state index in [1.807, 2.05) is 18.2 Å². The van der Waals surface area contributed by atoms with Crippen LogP contribution in [0.15, 0.2) is 59.6 Å². The first-order chi connectivity index (χ1) is 13.3. The maximum atomic E-state index is 5.43. The SMILES string of the molecule is CCNC(=NCCc1ccccc1OC)NC1CCN(c2ccccc2)C1. The molecule has 1 aliphatic heterocycles. The highest BCUT2D eigenvalue weighted by atomic mass is 16.5. The summed E-state index contributed by atoms with van der Waals surface area (Å²) in [6, 6.07) is 19.2. The van der Waals surface area contributed by atoms with Gasteiger partial charge in [0.05, 0.1) is 7.11 Å². The standard InChI is InChI=1S/C22H30N4O/c1-3-23-22(24-15-13-18-9-7-8-12-21(18)27-2)25-19-14-16-26(17-19)20-10-5-4-6-11-20/h4-12,19H,3,13-17H2,1-2H3,(H2,23,24,25). The van der Waals surface area contributed by atoms with Crippen molar-refractivity contribution in [3.8, 4) is 5.75 Å². The number of hydrogen-bond donors (Lipinski definition) is 2. The molecule has 1 aliphatic rings. The van der Waals surface area contributed by atoms with Crippen LogP contribution in [0.3, 0.4) is 0 Å². The Hall–Kier alpha value is -2.69. The lowest BCUT2D eigenvalue weighted by atomic mass is 10.1. The van der Waals surface area contributed by atoms with Crippen molar-refractivity contribution >= 4 is 11.6 Å². The van der Waals surface area contributed by atoms with Crippen LogP contribution in [0.5, 0.6) is 5.75 Å².